The Hall–Kier alpha value is -4.88. The number of fused-ring (bicyclic) bond motifs is 3. The van der Waals surface area contributed by atoms with Crippen molar-refractivity contribution < 1.29 is 0 Å². The van der Waals surface area contributed by atoms with E-state index < -0.39 is 0 Å². The first kappa shape index (κ1) is 30.6. The van der Waals surface area contributed by atoms with Crippen LogP contribution < -0.4 is 4.90 Å². The summed E-state index contributed by atoms with van der Waals surface area (Å²) >= 11 is 0. The molecule has 1 nitrogen and oxygen atoms in total. The molecule has 0 bridgehead atoms. The summed E-state index contributed by atoms with van der Waals surface area (Å²) in [5, 5.41) is 0. The van der Waals surface area contributed by atoms with Crippen LogP contribution in [0.5, 0.6) is 0 Å². The van der Waals surface area contributed by atoms with Gasteiger partial charge in [0.15, 0.2) is 0 Å². The summed E-state index contributed by atoms with van der Waals surface area (Å²) in [5.74, 6) is 0. The van der Waals surface area contributed by atoms with Crippen molar-refractivity contribution in [3.63, 3.8) is 0 Å². The molecule has 2 aliphatic carbocycles. The van der Waals surface area contributed by atoms with Crippen molar-refractivity contribution in [2.75, 3.05) is 4.90 Å². The van der Waals surface area contributed by atoms with Gasteiger partial charge in [-0.1, -0.05) is 136 Å². The van der Waals surface area contributed by atoms with Crippen LogP contribution in [-0.4, -0.2) is 0 Å². The van der Waals surface area contributed by atoms with E-state index in [2.05, 4.69) is 154 Å². The summed E-state index contributed by atoms with van der Waals surface area (Å²) in [7, 11) is 0. The zero-order chi connectivity index (χ0) is 31.1. The minimum Gasteiger partial charge on any atom is -0.311 e. The van der Waals surface area contributed by atoms with E-state index in [-0.39, 0.29) is 5.41 Å². The number of hydrogen-bond acceptors (Lipinski definition) is 1. The van der Waals surface area contributed by atoms with Gasteiger partial charge in [0, 0.05) is 22.5 Å². The van der Waals surface area contributed by atoms with Crippen LogP contribution >= 0.6 is 0 Å². The van der Waals surface area contributed by atoms with Gasteiger partial charge in [0.1, 0.15) is 0 Å². The maximum absolute atomic E-state index is 4.14. The summed E-state index contributed by atoms with van der Waals surface area (Å²) in [6.45, 7) is 16.3. The number of allylic oxidation sites excluding steroid dienone is 9. The molecule has 0 N–H and O–H groups in total. The zero-order valence-electron chi connectivity index (χ0n) is 26.6. The standard InChI is InChI=1S/C38H35N.C5H8/c1-5-29(6-2)39(31-24-25-37-35(26-31)34-18-12-13-19-36(34)38(37,3)4)30-22-20-28(21-23-30)33-17-11-10-16-32(33)27-14-8-7-9-15-27;1-3-5-4-2/h5-9,12-26H,1,10-11H2,2-4H3;3-5H,1H2,2H3/b29-6+;5-4-. The monoisotopic (exact) mass is 573 g/mol. The van der Waals surface area contributed by atoms with Crippen LogP contribution in [-0.2, 0) is 5.41 Å². The molecule has 0 saturated carbocycles. The van der Waals surface area contributed by atoms with Gasteiger partial charge >= 0.3 is 0 Å². The number of benzene rings is 4. The van der Waals surface area contributed by atoms with Crippen LogP contribution in [0, 0.1) is 0 Å². The summed E-state index contributed by atoms with van der Waals surface area (Å²) < 4.78 is 0. The lowest BCUT2D eigenvalue weighted by Crippen LogP contribution is -2.17. The van der Waals surface area contributed by atoms with E-state index in [1.807, 2.05) is 25.2 Å². The van der Waals surface area contributed by atoms with E-state index in [1.54, 1.807) is 6.08 Å². The molecule has 0 heterocycles. The first-order valence-electron chi connectivity index (χ1n) is 15.6. The van der Waals surface area contributed by atoms with E-state index >= 15 is 0 Å². The maximum Gasteiger partial charge on any atom is 0.0467 e. The van der Waals surface area contributed by atoms with E-state index in [4.69, 9.17) is 0 Å². The van der Waals surface area contributed by atoms with Crippen molar-refractivity contribution in [3.8, 4) is 11.1 Å². The third-order valence-corrected chi connectivity index (χ3v) is 8.59. The Morgan fingerprint density at radius 3 is 1.86 bits per heavy atom. The molecule has 0 aliphatic heterocycles. The molecule has 44 heavy (non-hydrogen) atoms. The maximum atomic E-state index is 4.14. The molecule has 4 aromatic carbocycles. The highest BCUT2D eigenvalue weighted by molar-refractivity contribution is 6.05. The lowest BCUT2D eigenvalue weighted by atomic mass is 9.82. The lowest BCUT2D eigenvalue weighted by molar-refractivity contribution is 0.660. The van der Waals surface area contributed by atoms with Crippen molar-refractivity contribution in [3.05, 3.63) is 181 Å². The Labute approximate surface area is 264 Å². The van der Waals surface area contributed by atoms with E-state index in [0.29, 0.717) is 0 Å². The Morgan fingerprint density at radius 1 is 0.682 bits per heavy atom. The molecule has 2 aliphatic rings. The first-order valence-corrected chi connectivity index (χ1v) is 15.6. The fraction of sp³-hybridized carbons (Fsp3) is 0.163. The van der Waals surface area contributed by atoms with Gasteiger partial charge in [0.2, 0.25) is 0 Å². The fourth-order valence-electron chi connectivity index (χ4n) is 6.40. The highest BCUT2D eigenvalue weighted by Gasteiger charge is 2.35. The third-order valence-electron chi connectivity index (χ3n) is 8.59. The fourth-order valence-corrected chi connectivity index (χ4v) is 6.40. The largest absolute Gasteiger partial charge is 0.311 e. The predicted octanol–water partition coefficient (Wildman–Crippen LogP) is 12.2. The highest BCUT2D eigenvalue weighted by Crippen LogP contribution is 2.50. The van der Waals surface area contributed by atoms with Crippen LogP contribution in [0.1, 0.15) is 62.8 Å². The molecular formula is C43H43N. The second-order valence-corrected chi connectivity index (χ2v) is 11.6. The SMILES string of the molecule is C=C/C(=C\C)N(c1ccc(C2=CCCC=C2c2ccccc2)cc1)c1ccc2c(c1)-c1ccccc1C2(C)C.C=C/C=C\C. The molecule has 0 atom stereocenters. The van der Waals surface area contributed by atoms with Crippen molar-refractivity contribution in [2.24, 2.45) is 0 Å². The lowest BCUT2D eigenvalue weighted by Gasteiger charge is -2.28. The number of anilines is 2. The van der Waals surface area contributed by atoms with Gasteiger partial charge in [0.25, 0.3) is 0 Å². The summed E-state index contributed by atoms with van der Waals surface area (Å²) in [5.41, 5.74) is 13.9. The smallest absolute Gasteiger partial charge is 0.0467 e. The predicted molar refractivity (Wildman–Crippen MR) is 193 cm³/mol. The minimum atomic E-state index is -0.00348. The molecule has 220 valence electrons. The van der Waals surface area contributed by atoms with Crippen LogP contribution in [0.25, 0.3) is 22.3 Å². The van der Waals surface area contributed by atoms with Gasteiger partial charge in [-0.3, -0.25) is 0 Å². The van der Waals surface area contributed by atoms with Crippen LogP contribution in [0.3, 0.4) is 0 Å². The van der Waals surface area contributed by atoms with Crippen LogP contribution in [0.2, 0.25) is 0 Å². The Balaban J connectivity index is 0.000000712. The Bertz CT molecular complexity index is 1760. The average Bonchev–Trinajstić information content (AvgIpc) is 3.30. The molecule has 0 unspecified atom stereocenters. The molecule has 4 aromatic rings. The summed E-state index contributed by atoms with van der Waals surface area (Å²) in [6, 6.07) is 35.5. The van der Waals surface area contributed by atoms with Gasteiger partial charge in [-0.2, -0.15) is 0 Å². The van der Waals surface area contributed by atoms with E-state index in [9.17, 15) is 0 Å². The zero-order valence-corrected chi connectivity index (χ0v) is 26.6. The molecule has 1 heteroatoms. The van der Waals surface area contributed by atoms with Crippen LogP contribution in [0.15, 0.2) is 158 Å². The van der Waals surface area contributed by atoms with Gasteiger partial charge in [-0.25, -0.2) is 0 Å². The highest BCUT2D eigenvalue weighted by atomic mass is 15.1. The third kappa shape index (κ3) is 5.96. The molecular weight excluding hydrogens is 530 g/mol. The second-order valence-electron chi connectivity index (χ2n) is 11.6. The first-order chi connectivity index (χ1) is 21.4. The van der Waals surface area contributed by atoms with E-state index in [0.717, 1.165) is 29.9 Å². The average molecular weight is 574 g/mol. The van der Waals surface area contributed by atoms with Gasteiger partial charge in [-0.05, 0) is 102 Å². The molecule has 0 saturated heterocycles. The molecule has 0 spiro atoms. The number of rotatable bonds is 7. The quantitative estimate of drug-likeness (QED) is 0.199. The minimum absolute atomic E-state index is 0.00348. The molecule has 0 radical (unpaired) electrons. The second kappa shape index (κ2) is 13.6. The van der Waals surface area contributed by atoms with E-state index in [1.165, 1.54) is 44.5 Å². The van der Waals surface area contributed by atoms with Gasteiger partial charge < -0.3 is 4.90 Å². The Kier molecular flexibility index (Phi) is 9.46. The van der Waals surface area contributed by atoms with Crippen LogP contribution in [0.4, 0.5) is 11.4 Å². The normalized spacial score (nSPS) is 14.9. The van der Waals surface area contributed by atoms with Gasteiger partial charge in [0.05, 0.1) is 0 Å². The molecule has 0 aromatic heterocycles. The van der Waals surface area contributed by atoms with Gasteiger partial charge in [-0.15, -0.1) is 0 Å². The van der Waals surface area contributed by atoms with Crippen molar-refractivity contribution in [1.29, 1.82) is 0 Å². The summed E-state index contributed by atoms with van der Waals surface area (Å²) in [6.07, 6.45) is 16.6. The van der Waals surface area contributed by atoms with Crippen molar-refractivity contribution >= 4 is 22.5 Å². The number of nitrogens with zero attached hydrogens (tertiary/aromatic N) is 1. The molecule has 0 fully saturated rings. The number of hydrogen-bond donors (Lipinski definition) is 0. The van der Waals surface area contributed by atoms with Crippen molar-refractivity contribution in [1.82, 2.24) is 0 Å². The molecule has 0 amide bonds. The van der Waals surface area contributed by atoms with Crippen molar-refractivity contribution in [2.45, 2.75) is 46.0 Å². The topological polar surface area (TPSA) is 3.24 Å². The Morgan fingerprint density at radius 2 is 1.27 bits per heavy atom. The summed E-state index contributed by atoms with van der Waals surface area (Å²) in [4.78, 5) is 2.31. The molecule has 6 rings (SSSR count).